The van der Waals surface area contributed by atoms with E-state index in [1.54, 1.807) is 0 Å². The van der Waals surface area contributed by atoms with Gasteiger partial charge in [-0.3, -0.25) is 0 Å². The van der Waals surface area contributed by atoms with E-state index in [-0.39, 0.29) is 0 Å². The summed E-state index contributed by atoms with van der Waals surface area (Å²) in [6, 6.07) is 4.52. The summed E-state index contributed by atoms with van der Waals surface area (Å²) in [4.78, 5) is 14.6. The summed E-state index contributed by atoms with van der Waals surface area (Å²) in [7, 11) is 4.28. The zero-order valence-corrected chi connectivity index (χ0v) is 19.6. The van der Waals surface area contributed by atoms with Crippen LogP contribution in [-0.4, -0.2) is 53.2 Å². The first-order valence-corrected chi connectivity index (χ1v) is 11.1. The van der Waals surface area contributed by atoms with Crippen LogP contribution >= 0.6 is 0 Å². The van der Waals surface area contributed by atoms with Crippen LogP contribution in [0.1, 0.15) is 40.9 Å². The normalized spacial score (nSPS) is 14.1. The molecule has 5 heteroatoms. The molecular formula is C25H35N5. The minimum absolute atomic E-state index is 0.807. The van der Waals surface area contributed by atoms with Crippen molar-refractivity contribution in [1.82, 2.24) is 19.4 Å². The van der Waals surface area contributed by atoms with Crippen LogP contribution in [0.2, 0.25) is 0 Å². The van der Waals surface area contributed by atoms with Crippen molar-refractivity contribution in [2.45, 2.75) is 47.5 Å². The number of nitrogens with zero attached hydrogens (tertiary/aromatic N) is 5. The van der Waals surface area contributed by atoms with E-state index >= 15 is 0 Å². The van der Waals surface area contributed by atoms with Crippen molar-refractivity contribution in [3.8, 4) is 5.69 Å². The second kappa shape index (κ2) is 8.03. The number of fused-ring (bicyclic) bond motifs is 1. The van der Waals surface area contributed by atoms with E-state index in [1.165, 1.54) is 46.2 Å². The Balaban J connectivity index is 1.88. The molecule has 1 aliphatic rings. The fourth-order valence-electron chi connectivity index (χ4n) is 4.56. The zero-order valence-electron chi connectivity index (χ0n) is 19.6. The summed E-state index contributed by atoms with van der Waals surface area (Å²) < 4.78 is 2.29. The number of anilines is 1. The van der Waals surface area contributed by atoms with Crippen molar-refractivity contribution in [3.63, 3.8) is 0 Å². The minimum Gasteiger partial charge on any atom is -0.354 e. The van der Waals surface area contributed by atoms with Gasteiger partial charge in [-0.15, -0.1) is 0 Å². The first-order chi connectivity index (χ1) is 14.2. The number of aromatic nitrogens is 3. The summed E-state index contributed by atoms with van der Waals surface area (Å²) >= 11 is 0. The highest BCUT2D eigenvalue weighted by atomic mass is 15.2. The lowest BCUT2D eigenvalue weighted by molar-refractivity contribution is 0.411. The maximum absolute atomic E-state index is 4.97. The van der Waals surface area contributed by atoms with Crippen LogP contribution in [0.3, 0.4) is 0 Å². The molecule has 30 heavy (non-hydrogen) atoms. The second-order valence-electron chi connectivity index (χ2n) is 9.42. The third kappa shape index (κ3) is 4.08. The molecule has 0 radical (unpaired) electrons. The van der Waals surface area contributed by atoms with Gasteiger partial charge in [-0.1, -0.05) is 17.7 Å². The molecule has 0 amide bonds. The Hall–Kier alpha value is -2.40. The smallest absolute Gasteiger partial charge is 0.150 e. The molecular weight excluding hydrogens is 370 g/mol. The van der Waals surface area contributed by atoms with Gasteiger partial charge in [0.2, 0.25) is 0 Å². The van der Waals surface area contributed by atoms with Crippen molar-refractivity contribution in [2.75, 3.05) is 38.6 Å². The molecule has 0 unspecified atom stereocenters. The number of hydrogen-bond donors (Lipinski definition) is 0. The van der Waals surface area contributed by atoms with Gasteiger partial charge in [-0.05, 0) is 84.2 Å². The summed E-state index contributed by atoms with van der Waals surface area (Å²) in [6.07, 6.45) is 4.93. The molecule has 1 saturated carbocycles. The average molecular weight is 406 g/mol. The molecule has 160 valence electrons. The van der Waals surface area contributed by atoms with Crippen LogP contribution in [0.4, 0.5) is 5.82 Å². The van der Waals surface area contributed by atoms with Crippen LogP contribution in [0.15, 0.2) is 18.3 Å². The lowest BCUT2D eigenvalue weighted by Crippen LogP contribution is -2.34. The molecule has 0 saturated heterocycles. The van der Waals surface area contributed by atoms with Crippen LogP contribution in [0.5, 0.6) is 0 Å². The standard InChI is InChI=1S/C25H35N5/c1-16-12-17(2)23(18(3)13-16)30-14-19(4)22-24(26-20(5)27-25(22)30)29(11-10-28(6)7)15-21-8-9-21/h12-14,21H,8-11,15H2,1-7H3. The van der Waals surface area contributed by atoms with Crippen LogP contribution in [0.25, 0.3) is 16.7 Å². The number of likely N-dealkylation sites (N-methyl/N-ethyl adjacent to an activating group) is 1. The Morgan fingerprint density at radius 2 is 1.60 bits per heavy atom. The Morgan fingerprint density at radius 3 is 2.20 bits per heavy atom. The van der Waals surface area contributed by atoms with Gasteiger partial charge in [-0.25, -0.2) is 9.97 Å². The van der Waals surface area contributed by atoms with E-state index in [1.807, 2.05) is 6.92 Å². The summed E-state index contributed by atoms with van der Waals surface area (Å²) in [6.45, 7) is 13.9. The van der Waals surface area contributed by atoms with Gasteiger partial charge in [0, 0.05) is 25.8 Å². The highest BCUT2D eigenvalue weighted by Gasteiger charge is 2.27. The van der Waals surface area contributed by atoms with Gasteiger partial charge in [-0.2, -0.15) is 0 Å². The summed E-state index contributed by atoms with van der Waals surface area (Å²) in [5.41, 5.74) is 7.37. The lowest BCUT2D eigenvalue weighted by atomic mass is 10.1. The fourth-order valence-corrected chi connectivity index (χ4v) is 4.56. The maximum atomic E-state index is 4.97. The van der Waals surface area contributed by atoms with Gasteiger partial charge in [0.15, 0.2) is 5.65 Å². The largest absolute Gasteiger partial charge is 0.354 e. The van der Waals surface area contributed by atoms with Crippen LogP contribution in [-0.2, 0) is 0 Å². The molecule has 3 aromatic rings. The first kappa shape index (κ1) is 20.9. The Labute approximate surface area is 180 Å². The number of hydrogen-bond acceptors (Lipinski definition) is 4. The Morgan fingerprint density at radius 1 is 0.933 bits per heavy atom. The molecule has 2 heterocycles. The summed E-state index contributed by atoms with van der Waals surface area (Å²) in [5.74, 6) is 2.75. The predicted octanol–water partition coefficient (Wildman–Crippen LogP) is 4.74. The molecule has 4 rings (SSSR count). The van der Waals surface area contributed by atoms with E-state index in [4.69, 9.17) is 9.97 Å². The number of rotatable bonds is 7. The summed E-state index contributed by atoms with van der Waals surface area (Å²) in [5, 5.41) is 1.19. The monoisotopic (exact) mass is 405 g/mol. The fraction of sp³-hybridized carbons (Fsp3) is 0.520. The van der Waals surface area contributed by atoms with Crippen molar-refractivity contribution < 1.29 is 0 Å². The van der Waals surface area contributed by atoms with Gasteiger partial charge < -0.3 is 14.4 Å². The van der Waals surface area contributed by atoms with Crippen LogP contribution in [0, 0.1) is 40.5 Å². The van der Waals surface area contributed by atoms with Crippen LogP contribution < -0.4 is 4.90 Å². The van der Waals surface area contributed by atoms with E-state index < -0.39 is 0 Å². The minimum atomic E-state index is 0.807. The van der Waals surface area contributed by atoms with E-state index in [0.717, 1.165) is 42.8 Å². The molecule has 5 nitrogen and oxygen atoms in total. The quantitative estimate of drug-likeness (QED) is 0.569. The van der Waals surface area contributed by atoms with E-state index in [2.05, 4.69) is 74.5 Å². The molecule has 1 fully saturated rings. The molecule has 0 atom stereocenters. The second-order valence-corrected chi connectivity index (χ2v) is 9.42. The Bertz CT molecular complexity index is 1050. The molecule has 1 aliphatic carbocycles. The SMILES string of the molecule is Cc1cc(C)c(-n2cc(C)c3c(N(CCN(C)C)CC4CC4)nc(C)nc32)c(C)c1. The van der Waals surface area contributed by atoms with Gasteiger partial charge in [0.25, 0.3) is 0 Å². The van der Waals surface area contributed by atoms with Crippen molar-refractivity contribution in [3.05, 3.63) is 46.4 Å². The predicted molar refractivity (Wildman–Crippen MR) is 126 cm³/mol. The Kier molecular flexibility index (Phi) is 5.58. The highest BCUT2D eigenvalue weighted by Crippen LogP contribution is 2.36. The van der Waals surface area contributed by atoms with Crippen molar-refractivity contribution >= 4 is 16.9 Å². The zero-order chi connectivity index (χ0) is 21.6. The van der Waals surface area contributed by atoms with Crippen molar-refractivity contribution in [1.29, 1.82) is 0 Å². The third-order valence-corrected chi connectivity index (χ3v) is 6.10. The van der Waals surface area contributed by atoms with E-state index in [9.17, 15) is 0 Å². The third-order valence-electron chi connectivity index (χ3n) is 6.10. The first-order valence-electron chi connectivity index (χ1n) is 11.1. The lowest BCUT2D eigenvalue weighted by Gasteiger charge is -2.26. The van der Waals surface area contributed by atoms with Gasteiger partial charge >= 0.3 is 0 Å². The number of benzene rings is 1. The molecule has 1 aromatic carbocycles. The molecule has 2 aromatic heterocycles. The molecule has 0 aliphatic heterocycles. The van der Waals surface area contributed by atoms with Gasteiger partial charge in [0.05, 0.1) is 11.1 Å². The maximum Gasteiger partial charge on any atom is 0.150 e. The van der Waals surface area contributed by atoms with E-state index in [0.29, 0.717) is 0 Å². The molecule has 0 spiro atoms. The average Bonchev–Trinajstić information content (AvgIpc) is 3.41. The molecule has 0 bridgehead atoms. The topological polar surface area (TPSA) is 37.2 Å². The van der Waals surface area contributed by atoms with Gasteiger partial charge in [0.1, 0.15) is 11.6 Å². The molecule has 0 N–H and O–H groups in total. The number of aryl methyl sites for hydroxylation is 5. The highest BCUT2D eigenvalue weighted by molar-refractivity contribution is 5.92. The van der Waals surface area contributed by atoms with Crippen molar-refractivity contribution in [2.24, 2.45) is 5.92 Å².